The first kappa shape index (κ1) is 20.1. The zero-order valence-corrected chi connectivity index (χ0v) is 15.5. The molecule has 2 aliphatic heterocycles. The molecule has 9 heteroatoms. The van der Waals surface area contributed by atoms with Crippen molar-refractivity contribution in [3.05, 3.63) is 30.1 Å². The maximum atomic E-state index is 13.8. The van der Waals surface area contributed by atoms with Crippen LogP contribution in [0.5, 0.6) is 0 Å². The van der Waals surface area contributed by atoms with Gasteiger partial charge in [-0.1, -0.05) is 12.1 Å². The van der Waals surface area contributed by atoms with Crippen molar-refractivity contribution in [2.45, 2.75) is 17.7 Å². The topological polar surface area (TPSA) is 69.7 Å². The number of carbonyl (C=O) groups excluding carboxylic acids is 1. The standard InChI is InChI=1S/C16H22FN3O3S.ClH/c17-14-3-1-2-4-15(14)24(22,23)20-9-5-13(6-10-20)16(21)19-11-7-18-8-12-19;/h1-4,13,18H,5-12H2;1H. The number of halogens is 2. The minimum Gasteiger partial charge on any atom is -0.340 e. The van der Waals surface area contributed by atoms with Gasteiger partial charge in [0.2, 0.25) is 15.9 Å². The third kappa shape index (κ3) is 4.31. The summed E-state index contributed by atoms with van der Waals surface area (Å²) in [6.45, 7) is 3.50. The summed E-state index contributed by atoms with van der Waals surface area (Å²) >= 11 is 0. The quantitative estimate of drug-likeness (QED) is 0.837. The van der Waals surface area contributed by atoms with Crippen molar-refractivity contribution in [2.75, 3.05) is 39.3 Å². The molecule has 2 aliphatic rings. The molecule has 1 amide bonds. The number of sulfonamides is 1. The van der Waals surface area contributed by atoms with Crippen LogP contribution in [-0.4, -0.2) is 62.8 Å². The number of nitrogens with one attached hydrogen (secondary N) is 1. The van der Waals surface area contributed by atoms with Crippen LogP contribution in [0.3, 0.4) is 0 Å². The Morgan fingerprint density at radius 1 is 1.08 bits per heavy atom. The zero-order chi connectivity index (χ0) is 17.2. The molecule has 0 spiro atoms. The smallest absolute Gasteiger partial charge is 0.245 e. The number of hydrogen-bond acceptors (Lipinski definition) is 4. The van der Waals surface area contributed by atoms with Gasteiger partial charge in [0, 0.05) is 45.2 Å². The second kappa shape index (κ2) is 8.44. The molecule has 0 saturated carbocycles. The highest BCUT2D eigenvalue weighted by Gasteiger charge is 2.34. The number of piperidine rings is 1. The van der Waals surface area contributed by atoms with E-state index in [0.29, 0.717) is 25.9 Å². The molecule has 0 aromatic heterocycles. The number of carbonyl (C=O) groups is 1. The molecule has 0 unspecified atom stereocenters. The van der Waals surface area contributed by atoms with Crippen molar-refractivity contribution >= 4 is 28.3 Å². The summed E-state index contributed by atoms with van der Waals surface area (Å²) in [6, 6.07) is 5.40. The van der Waals surface area contributed by atoms with Crippen molar-refractivity contribution in [3.63, 3.8) is 0 Å². The van der Waals surface area contributed by atoms with Gasteiger partial charge in [-0.3, -0.25) is 4.79 Å². The van der Waals surface area contributed by atoms with Gasteiger partial charge in [-0.25, -0.2) is 12.8 Å². The Morgan fingerprint density at radius 2 is 1.68 bits per heavy atom. The van der Waals surface area contributed by atoms with Crippen LogP contribution in [0.25, 0.3) is 0 Å². The molecule has 140 valence electrons. The van der Waals surface area contributed by atoms with E-state index in [4.69, 9.17) is 0 Å². The summed E-state index contributed by atoms with van der Waals surface area (Å²) in [4.78, 5) is 14.1. The normalized spacial score (nSPS) is 20.1. The average Bonchev–Trinajstić information content (AvgIpc) is 2.62. The lowest BCUT2D eigenvalue weighted by Crippen LogP contribution is -2.50. The molecule has 0 aliphatic carbocycles. The van der Waals surface area contributed by atoms with Crippen molar-refractivity contribution in [2.24, 2.45) is 5.92 Å². The Bertz CT molecular complexity index is 702. The third-order valence-electron chi connectivity index (χ3n) is 4.69. The Kier molecular flexibility index (Phi) is 6.79. The van der Waals surface area contributed by atoms with Gasteiger partial charge in [-0.2, -0.15) is 4.31 Å². The van der Waals surface area contributed by atoms with Gasteiger partial charge in [0.15, 0.2) is 0 Å². The highest BCUT2D eigenvalue weighted by atomic mass is 35.5. The summed E-state index contributed by atoms with van der Waals surface area (Å²) in [5, 5.41) is 3.21. The van der Waals surface area contributed by atoms with Gasteiger partial charge in [0.1, 0.15) is 10.7 Å². The van der Waals surface area contributed by atoms with Crippen molar-refractivity contribution in [3.8, 4) is 0 Å². The van der Waals surface area contributed by atoms with Crippen LogP contribution in [0.2, 0.25) is 0 Å². The van der Waals surface area contributed by atoms with E-state index >= 15 is 0 Å². The summed E-state index contributed by atoms with van der Waals surface area (Å²) in [6.07, 6.45) is 0.965. The van der Waals surface area contributed by atoms with Crippen molar-refractivity contribution in [1.82, 2.24) is 14.5 Å². The molecule has 25 heavy (non-hydrogen) atoms. The van der Waals surface area contributed by atoms with Crippen LogP contribution < -0.4 is 5.32 Å². The summed E-state index contributed by atoms with van der Waals surface area (Å²) < 4.78 is 40.2. The first-order valence-corrected chi connectivity index (χ1v) is 9.68. The van der Waals surface area contributed by atoms with Gasteiger partial charge < -0.3 is 10.2 Å². The van der Waals surface area contributed by atoms with Gasteiger partial charge in [0.05, 0.1) is 0 Å². The fourth-order valence-corrected chi connectivity index (χ4v) is 4.81. The summed E-state index contributed by atoms with van der Waals surface area (Å²) in [7, 11) is -3.84. The van der Waals surface area contributed by atoms with Crippen molar-refractivity contribution in [1.29, 1.82) is 0 Å². The molecule has 1 aromatic carbocycles. The Morgan fingerprint density at radius 3 is 2.28 bits per heavy atom. The highest BCUT2D eigenvalue weighted by Crippen LogP contribution is 2.26. The monoisotopic (exact) mass is 391 g/mol. The van der Waals surface area contributed by atoms with E-state index in [1.165, 1.54) is 22.5 Å². The van der Waals surface area contributed by atoms with Crippen molar-refractivity contribution < 1.29 is 17.6 Å². The average molecular weight is 392 g/mol. The zero-order valence-electron chi connectivity index (χ0n) is 13.9. The highest BCUT2D eigenvalue weighted by molar-refractivity contribution is 7.89. The van der Waals surface area contributed by atoms with E-state index in [-0.39, 0.29) is 42.2 Å². The first-order chi connectivity index (χ1) is 11.5. The minimum atomic E-state index is -3.84. The Hall–Kier alpha value is -1.22. The molecule has 6 nitrogen and oxygen atoms in total. The van der Waals surface area contributed by atoms with E-state index in [9.17, 15) is 17.6 Å². The van der Waals surface area contributed by atoms with Crippen LogP contribution in [-0.2, 0) is 14.8 Å². The second-order valence-corrected chi connectivity index (χ2v) is 8.09. The summed E-state index contributed by atoms with van der Waals surface area (Å²) in [5.41, 5.74) is 0. The van der Waals surface area contributed by atoms with E-state index in [2.05, 4.69) is 5.32 Å². The minimum absolute atomic E-state index is 0. The second-order valence-electron chi connectivity index (χ2n) is 6.18. The third-order valence-corrected chi connectivity index (χ3v) is 6.62. The molecular formula is C16H23ClFN3O3S. The van der Waals surface area contributed by atoms with E-state index < -0.39 is 15.8 Å². The summed E-state index contributed by atoms with van der Waals surface area (Å²) in [5.74, 6) is -0.772. The lowest BCUT2D eigenvalue weighted by molar-refractivity contribution is -0.137. The molecule has 2 fully saturated rings. The fourth-order valence-electron chi connectivity index (χ4n) is 3.28. The molecule has 0 radical (unpaired) electrons. The van der Waals surface area contributed by atoms with Crippen LogP contribution in [0.15, 0.2) is 29.2 Å². The number of benzene rings is 1. The van der Waals surface area contributed by atoms with Crippen LogP contribution in [0.1, 0.15) is 12.8 Å². The largest absolute Gasteiger partial charge is 0.340 e. The van der Waals surface area contributed by atoms with Gasteiger partial charge in [-0.05, 0) is 25.0 Å². The predicted octanol–water partition coefficient (Wildman–Crippen LogP) is 1.08. The molecular weight excluding hydrogens is 369 g/mol. The molecule has 1 aromatic rings. The van der Waals surface area contributed by atoms with Crippen LogP contribution >= 0.6 is 12.4 Å². The molecule has 2 saturated heterocycles. The fraction of sp³-hybridized carbons (Fsp3) is 0.562. The first-order valence-electron chi connectivity index (χ1n) is 8.24. The predicted molar refractivity (Wildman–Crippen MR) is 94.6 cm³/mol. The Balaban J connectivity index is 0.00000225. The van der Waals surface area contributed by atoms with Gasteiger partial charge in [-0.15, -0.1) is 12.4 Å². The van der Waals surface area contributed by atoms with E-state index in [0.717, 1.165) is 19.2 Å². The maximum Gasteiger partial charge on any atom is 0.245 e. The molecule has 0 atom stereocenters. The SMILES string of the molecule is Cl.O=C(C1CCN(S(=O)(=O)c2ccccc2F)CC1)N1CCNCC1. The number of piperazine rings is 1. The molecule has 1 N–H and O–H groups in total. The van der Waals surface area contributed by atoms with E-state index in [1.54, 1.807) is 0 Å². The maximum absolute atomic E-state index is 13.8. The van der Waals surface area contributed by atoms with Crippen LogP contribution in [0.4, 0.5) is 4.39 Å². The number of nitrogens with zero attached hydrogens (tertiary/aromatic N) is 2. The van der Waals surface area contributed by atoms with Crippen LogP contribution in [0, 0.1) is 11.7 Å². The lowest BCUT2D eigenvalue weighted by atomic mass is 9.96. The molecule has 2 heterocycles. The molecule has 0 bridgehead atoms. The van der Waals surface area contributed by atoms with E-state index in [1.807, 2.05) is 4.90 Å². The molecule has 3 rings (SSSR count). The lowest BCUT2D eigenvalue weighted by Gasteiger charge is -2.35. The number of rotatable bonds is 3. The van der Waals surface area contributed by atoms with Gasteiger partial charge >= 0.3 is 0 Å². The Labute approximate surface area is 153 Å². The van der Waals surface area contributed by atoms with Gasteiger partial charge in [0.25, 0.3) is 0 Å². The number of amides is 1. The number of hydrogen-bond donors (Lipinski definition) is 1.